The van der Waals surface area contributed by atoms with Crippen molar-refractivity contribution in [2.45, 2.75) is 6.18 Å². The number of rotatable bonds is 2. The van der Waals surface area contributed by atoms with Crippen LogP contribution in [0.25, 0.3) is 11.3 Å². The molecule has 0 bridgehead atoms. The molecule has 6 heteroatoms. The molecule has 0 unspecified atom stereocenters. The third kappa shape index (κ3) is 2.47. The molecule has 0 spiro atoms. The van der Waals surface area contributed by atoms with E-state index in [0.29, 0.717) is 0 Å². The van der Waals surface area contributed by atoms with Gasteiger partial charge in [0.15, 0.2) is 12.1 Å². The summed E-state index contributed by atoms with van der Waals surface area (Å²) >= 11 is 0. The Morgan fingerprint density at radius 1 is 1.11 bits per heavy atom. The van der Waals surface area contributed by atoms with E-state index in [9.17, 15) is 22.4 Å². The number of hydrogen-bond acceptors (Lipinski definition) is 2. The normalized spacial score (nSPS) is 11.4. The molecular weight excluding hydrogens is 262 g/mol. The Morgan fingerprint density at radius 3 is 2.42 bits per heavy atom. The molecule has 98 valence electrons. The molecular formula is C13H7F4NO. The van der Waals surface area contributed by atoms with Crippen LogP contribution >= 0.6 is 0 Å². The average Bonchev–Trinajstić information content (AvgIpc) is 2.38. The second kappa shape index (κ2) is 4.79. The maximum absolute atomic E-state index is 13.9. The highest BCUT2D eigenvalue weighted by Crippen LogP contribution is 2.37. The molecule has 19 heavy (non-hydrogen) atoms. The van der Waals surface area contributed by atoms with Crippen LogP contribution in [0.5, 0.6) is 0 Å². The number of carbonyl (C=O) groups is 1. The molecule has 0 saturated heterocycles. The molecule has 1 aromatic heterocycles. The quantitative estimate of drug-likeness (QED) is 0.614. The van der Waals surface area contributed by atoms with Gasteiger partial charge in [0, 0.05) is 11.8 Å². The van der Waals surface area contributed by atoms with E-state index in [2.05, 4.69) is 4.98 Å². The highest BCUT2D eigenvalue weighted by molar-refractivity contribution is 5.79. The van der Waals surface area contributed by atoms with Crippen LogP contribution in [0.2, 0.25) is 0 Å². The molecule has 1 aromatic carbocycles. The molecule has 2 rings (SSSR count). The van der Waals surface area contributed by atoms with Gasteiger partial charge in [-0.15, -0.1) is 0 Å². The molecule has 0 aliphatic heterocycles. The minimum Gasteiger partial charge on any atom is -0.298 e. The lowest BCUT2D eigenvalue weighted by Crippen LogP contribution is -2.08. The van der Waals surface area contributed by atoms with Gasteiger partial charge in [0.25, 0.3) is 0 Å². The van der Waals surface area contributed by atoms with Crippen molar-refractivity contribution in [3.8, 4) is 11.3 Å². The smallest absolute Gasteiger partial charge is 0.298 e. The van der Waals surface area contributed by atoms with Gasteiger partial charge in [-0.2, -0.15) is 13.2 Å². The fourth-order valence-electron chi connectivity index (χ4n) is 1.67. The minimum atomic E-state index is -4.62. The molecule has 2 nitrogen and oxygen atoms in total. The number of nitrogens with zero attached hydrogens (tertiary/aromatic N) is 1. The van der Waals surface area contributed by atoms with Crippen LogP contribution in [0.4, 0.5) is 17.6 Å². The van der Waals surface area contributed by atoms with E-state index in [4.69, 9.17) is 0 Å². The van der Waals surface area contributed by atoms with Crippen LogP contribution in [0.3, 0.4) is 0 Å². The molecule has 0 atom stereocenters. The summed E-state index contributed by atoms with van der Waals surface area (Å²) in [6.45, 7) is 0. The second-order valence-electron chi connectivity index (χ2n) is 3.72. The van der Waals surface area contributed by atoms with Crippen LogP contribution < -0.4 is 0 Å². The number of halogens is 4. The number of alkyl halides is 3. The molecule has 0 N–H and O–H groups in total. The number of hydrogen-bond donors (Lipinski definition) is 0. The fourth-order valence-corrected chi connectivity index (χ4v) is 1.67. The largest absolute Gasteiger partial charge is 0.417 e. The van der Waals surface area contributed by atoms with Crippen LogP contribution in [0, 0.1) is 5.82 Å². The zero-order chi connectivity index (χ0) is 14.0. The molecule has 0 saturated carbocycles. The van der Waals surface area contributed by atoms with Gasteiger partial charge in [0.05, 0.1) is 11.1 Å². The van der Waals surface area contributed by atoms with E-state index in [-0.39, 0.29) is 11.8 Å². The first-order chi connectivity index (χ1) is 8.95. The van der Waals surface area contributed by atoms with E-state index >= 15 is 0 Å². The molecule has 0 aliphatic rings. The number of benzene rings is 1. The lowest BCUT2D eigenvalue weighted by atomic mass is 10.0. The summed E-state index contributed by atoms with van der Waals surface area (Å²) in [5.41, 5.74) is -2.21. The van der Waals surface area contributed by atoms with Crippen LogP contribution in [0.1, 0.15) is 15.9 Å². The lowest BCUT2D eigenvalue weighted by molar-refractivity contribution is -0.137. The Labute approximate surface area is 105 Å². The second-order valence-corrected chi connectivity index (χ2v) is 3.72. The van der Waals surface area contributed by atoms with Crippen molar-refractivity contribution in [3.05, 3.63) is 53.5 Å². The summed E-state index contributed by atoms with van der Waals surface area (Å²) in [6, 6.07) is 5.60. The molecule has 0 aliphatic carbocycles. The van der Waals surface area contributed by atoms with Crippen molar-refractivity contribution in [1.82, 2.24) is 4.98 Å². The summed E-state index contributed by atoms with van der Waals surface area (Å²) in [7, 11) is 0. The van der Waals surface area contributed by atoms with Gasteiger partial charge in [-0.25, -0.2) is 4.39 Å². The van der Waals surface area contributed by atoms with Crippen LogP contribution in [-0.4, -0.2) is 11.3 Å². The van der Waals surface area contributed by atoms with Gasteiger partial charge in [-0.1, -0.05) is 18.2 Å². The SMILES string of the molecule is O=Cc1ccnc(-c2ccccc2C(F)(F)F)c1F. The zero-order valence-electron chi connectivity index (χ0n) is 9.41. The Kier molecular flexibility index (Phi) is 3.33. The Balaban J connectivity index is 2.70. The van der Waals surface area contributed by atoms with E-state index in [1.54, 1.807) is 0 Å². The summed E-state index contributed by atoms with van der Waals surface area (Å²) in [6.07, 6.45) is -3.30. The van der Waals surface area contributed by atoms with Crippen molar-refractivity contribution < 1.29 is 22.4 Å². The van der Waals surface area contributed by atoms with Gasteiger partial charge in [-0.05, 0) is 12.1 Å². The highest BCUT2D eigenvalue weighted by atomic mass is 19.4. The Hall–Kier alpha value is -2.24. The third-order valence-corrected chi connectivity index (χ3v) is 2.53. The number of pyridine rings is 1. The first-order valence-electron chi connectivity index (χ1n) is 5.21. The molecule has 2 aromatic rings. The van der Waals surface area contributed by atoms with Gasteiger partial charge in [-0.3, -0.25) is 9.78 Å². The van der Waals surface area contributed by atoms with Gasteiger partial charge in [0.2, 0.25) is 0 Å². The van der Waals surface area contributed by atoms with Gasteiger partial charge in [0.1, 0.15) is 5.69 Å². The standard InChI is InChI=1S/C13H7F4NO/c14-11-8(7-19)5-6-18-12(11)9-3-1-2-4-10(9)13(15,16)17/h1-7H. The fraction of sp³-hybridized carbons (Fsp3) is 0.0769. The predicted molar refractivity (Wildman–Crippen MR) is 60.0 cm³/mol. The minimum absolute atomic E-state index is 0.233. The number of aldehydes is 1. The zero-order valence-corrected chi connectivity index (χ0v) is 9.41. The Morgan fingerprint density at radius 2 is 1.79 bits per heavy atom. The molecule has 0 fully saturated rings. The first kappa shape index (κ1) is 13.2. The van der Waals surface area contributed by atoms with Crippen molar-refractivity contribution in [2.75, 3.05) is 0 Å². The maximum Gasteiger partial charge on any atom is 0.417 e. The van der Waals surface area contributed by atoms with E-state index in [0.717, 1.165) is 24.4 Å². The van der Waals surface area contributed by atoms with Crippen molar-refractivity contribution in [2.24, 2.45) is 0 Å². The maximum atomic E-state index is 13.9. The lowest BCUT2D eigenvalue weighted by Gasteiger charge is -2.12. The third-order valence-electron chi connectivity index (χ3n) is 2.53. The number of aromatic nitrogens is 1. The molecule has 1 heterocycles. The summed E-state index contributed by atoms with van der Waals surface area (Å²) in [5.74, 6) is -1.06. The van der Waals surface area contributed by atoms with Crippen molar-refractivity contribution in [1.29, 1.82) is 0 Å². The monoisotopic (exact) mass is 269 g/mol. The topological polar surface area (TPSA) is 30.0 Å². The van der Waals surface area contributed by atoms with Gasteiger partial charge >= 0.3 is 6.18 Å². The number of carbonyl (C=O) groups excluding carboxylic acids is 1. The molecule has 0 amide bonds. The van der Waals surface area contributed by atoms with E-state index in [1.807, 2.05) is 0 Å². The van der Waals surface area contributed by atoms with E-state index < -0.39 is 28.8 Å². The summed E-state index contributed by atoms with van der Waals surface area (Å²) in [5, 5.41) is 0. The van der Waals surface area contributed by atoms with Crippen LogP contribution in [0.15, 0.2) is 36.5 Å². The van der Waals surface area contributed by atoms with Crippen LogP contribution in [-0.2, 0) is 6.18 Å². The first-order valence-corrected chi connectivity index (χ1v) is 5.21. The summed E-state index contributed by atoms with van der Waals surface area (Å²) < 4.78 is 52.4. The summed E-state index contributed by atoms with van der Waals surface area (Å²) in [4.78, 5) is 14.2. The highest BCUT2D eigenvalue weighted by Gasteiger charge is 2.34. The van der Waals surface area contributed by atoms with E-state index in [1.165, 1.54) is 12.1 Å². The predicted octanol–water partition coefficient (Wildman–Crippen LogP) is 3.72. The van der Waals surface area contributed by atoms with Crippen molar-refractivity contribution >= 4 is 6.29 Å². The Bertz CT molecular complexity index is 622. The van der Waals surface area contributed by atoms with Crippen molar-refractivity contribution in [3.63, 3.8) is 0 Å². The van der Waals surface area contributed by atoms with Gasteiger partial charge < -0.3 is 0 Å². The molecule has 0 radical (unpaired) electrons. The average molecular weight is 269 g/mol.